The van der Waals surface area contributed by atoms with E-state index in [-0.39, 0.29) is 5.92 Å². The molecule has 0 saturated heterocycles. The van der Waals surface area contributed by atoms with Crippen molar-refractivity contribution < 1.29 is 9.16 Å². The van der Waals surface area contributed by atoms with Crippen molar-refractivity contribution in [1.29, 1.82) is 5.26 Å². The van der Waals surface area contributed by atoms with Crippen LogP contribution in [0.25, 0.3) is 0 Å². The van der Waals surface area contributed by atoms with Crippen LogP contribution in [0.4, 0.5) is 0 Å². The third-order valence-electron chi connectivity index (χ3n) is 3.10. The maximum absolute atomic E-state index is 9.71. The number of para-hydroxylation sites is 1. The fourth-order valence-electron chi connectivity index (χ4n) is 2.33. The number of nitriles is 1. The monoisotopic (exact) mass is 261 g/mol. The third kappa shape index (κ3) is 2.16. The van der Waals surface area contributed by atoms with Gasteiger partial charge in [0.1, 0.15) is 11.8 Å². The SMILES string of the molecule is CC1COc2ccccc2C1(C#N)O[Si](C)(C)C. The highest BCUT2D eigenvalue weighted by molar-refractivity contribution is 6.69. The number of hydrogen-bond acceptors (Lipinski definition) is 3. The molecule has 0 amide bonds. The van der Waals surface area contributed by atoms with Crippen LogP contribution in [-0.4, -0.2) is 14.9 Å². The summed E-state index contributed by atoms with van der Waals surface area (Å²) in [5.74, 6) is 0.805. The molecule has 3 nitrogen and oxygen atoms in total. The first-order valence-electron chi connectivity index (χ1n) is 6.23. The van der Waals surface area contributed by atoms with Crippen molar-refractivity contribution in [2.45, 2.75) is 32.2 Å². The number of fused-ring (bicyclic) bond motifs is 1. The summed E-state index contributed by atoms with van der Waals surface area (Å²) < 4.78 is 11.9. The van der Waals surface area contributed by atoms with Gasteiger partial charge in [0.15, 0.2) is 13.9 Å². The zero-order chi connectivity index (χ0) is 13.4. The Morgan fingerprint density at radius 3 is 2.67 bits per heavy atom. The van der Waals surface area contributed by atoms with Gasteiger partial charge in [-0.2, -0.15) is 5.26 Å². The van der Waals surface area contributed by atoms with Crippen molar-refractivity contribution in [2.24, 2.45) is 5.92 Å². The molecule has 2 unspecified atom stereocenters. The molecule has 0 saturated carbocycles. The van der Waals surface area contributed by atoms with Gasteiger partial charge in [0.2, 0.25) is 0 Å². The van der Waals surface area contributed by atoms with Crippen molar-refractivity contribution in [2.75, 3.05) is 6.61 Å². The molecule has 0 radical (unpaired) electrons. The van der Waals surface area contributed by atoms with E-state index in [1.165, 1.54) is 0 Å². The Bertz CT molecular complexity index is 489. The second-order valence-corrected chi connectivity index (χ2v) is 10.2. The van der Waals surface area contributed by atoms with Crippen molar-refractivity contribution in [3.05, 3.63) is 29.8 Å². The first-order chi connectivity index (χ1) is 8.39. The van der Waals surface area contributed by atoms with E-state index in [1.807, 2.05) is 31.2 Å². The highest BCUT2D eigenvalue weighted by Crippen LogP contribution is 2.44. The van der Waals surface area contributed by atoms with Gasteiger partial charge in [-0.1, -0.05) is 25.1 Å². The molecule has 1 aliphatic heterocycles. The van der Waals surface area contributed by atoms with Gasteiger partial charge in [0.05, 0.1) is 6.61 Å². The van der Waals surface area contributed by atoms with Crippen LogP contribution < -0.4 is 4.74 Å². The van der Waals surface area contributed by atoms with E-state index < -0.39 is 13.9 Å². The van der Waals surface area contributed by atoms with E-state index in [4.69, 9.17) is 9.16 Å². The summed E-state index contributed by atoms with van der Waals surface area (Å²) in [4.78, 5) is 0. The molecule has 96 valence electrons. The topological polar surface area (TPSA) is 42.2 Å². The second kappa shape index (κ2) is 4.41. The average Bonchev–Trinajstić information content (AvgIpc) is 2.31. The van der Waals surface area contributed by atoms with E-state index in [1.54, 1.807) is 0 Å². The maximum atomic E-state index is 9.71. The lowest BCUT2D eigenvalue weighted by Crippen LogP contribution is -2.48. The second-order valence-electron chi connectivity index (χ2n) is 5.77. The highest BCUT2D eigenvalue weighted by atomic mass is 28.4. The Morgan fingerprint density at radius 1 is 1.39 bits per heavy atom. The van der Waals surface area contributed by atoms with E-state index in [2.05, 4.69) is 25.7 Å². The number of nitrogens with zero attached hydrogens (tertiary/aromatic N) is 1. The quantitative estimate of drug-likeness (QED) is 0.767. The van der Waals surface area contributed by atoms with Crippen LogP contribution in [0.1, 0.15) is 12.5 Å². The molecule has 1 heterocycles. The number of hydrogen-bond donors (Lipinski definition) is 0. The Labute approximate surface area is 109 Å². The van der Waals surface area contributed by atoms with Crippen LogP contribution in [0.3, 0.4) is 0 Å². The molecular formula is C14H19NO2Si. The number of rotatable bonds is 2. The Balaban J connectivity index is 2.55. The molecule has 2 rings (SSSR count). The molecule has 0 aliphatic carbocycles. The fourth-order valence-corrected chi connectivity index (χ4v) is 3.65. The van der Waals surface area contributed by atoms with Crippen LogP contribution in [-0.2, 0) is 10.0 Å². The van der Waals surface area contributed by atoms with Gasteiger partial charge in [-0.3, -0.25) is 0 Å². The van der Waals surface area contributed by atoms with Crippen LogP contribution in [0.15, 0.2) is 24.3 Å². The van der Waals surface area contributed by atoms with E-state index in [0.717, 1.165) is 11.3 Å². The number of ether oxygens (including phenoxy) is 1. The van der Waals surface area contributed by atoms with Gasteiger partial charge in [-0.25, -0.2) is 0 Å². The van der Waals surface area contributed by atoms with Crippen LogP contribution in [0, 0.1) is 17.2 Å². The lowest BCUT2D eigenvalue weighted by atomic mass is 9.82. The largest absolute Gasteiger partial charge is 0.493 e. The van der Waals surface area contributed by atoms with Gasteiger partial charge in [0, 0.05) is 11.5 Å². The molecule has 0 fully saturated rings. The number of benzene rings is 1. The third-order valence-corrected chi connectivity index (χ3v) is 4.04. The minimum absolute atomic E-state index is 0.0316. The molecule has 0 aromatic heterocycles. The lowest BCUT2D eigenvalue weighted by molar-refractivity contribution is 0.0131. The lowest BCUT2D eigenvalue weighted by Gasteiger charge is -2.42. The van der Waals surface area contributed by atoms with Crippen LogP contribution >= 0.6 is 0 Å². The molecule has 18 heavy (non-hydrogen) atoms. The van der Waals surface area contributed by atoms with Crippen molar-refractivity contribution in [3.8, 4) is 11.8 Å². The van der Waals surface area contributed by atoms with Gasteiger partial charge in [-0.15, -0.1) is 0 Å². The fraction of sp³-hybridized carbons (Fsp3) is 0.500. The molecule has 1 aromatic carbocycles. The maximum Gasteiger partial charge on any atom is 0.186 e. The van der Waals surface area contributed by atoms with Gasteiger partial charge in [-0.05, 0) is 25.7 Å². The van der Waals surface area contributed by atoms with E-state index in [9.17, 15) is 5.26 Å². The molecule has 1 aliphatic rings. The minimum Gasteiger partial charge on any atom is -0.493 e. The zero-order valence-corrected chi connectivity index (χ0v) is 12.4. The normalized spacial score (nSPS) is 26.9. The molecule has 1 aromatic rings. The summed E-state index contributed by atoms with van der Waals surface area (Å²) in [5, 5.41) is 9.71. The van der Waals surface area contributed by atoms with E-state index in [0.29, 0.717) is 6.61 Å². The predicted octanol–water partition coefficient (Wildman–Crippen LogP) is 3.29. The molecule has 4 heteroatoms. The zero-order valence-electron chi connectivity index (χ0n) is 11.4. The molecule has 0 spiro atoms. The molecule has 0 bridgehead atoms. The Morgan fingerprint density at radius 2 is 2.06 bits per heavy atom. The molecular weight excluding hydrogens is 242 g/mol. The summed E-state index contributed by atoms with van der Waals surface area (Å²) >= 11 is 0. The van der Waals surface area contributed by atoms with Crippen molar-refractivity contribution in [1.82, 2.24) is 0 Å². The van der Waals surface area contributed by atoms with Crippen molar-refractivity contribution in [3.63, 3.8) is 0 Å². The molecule has 0 N–H and O–H groups in total. The summed E-state index contributed by atoms with van der Waals surface area (Å²) in [7, 11) is -1.83. The first kappa shape index (κ1) is 13.1. The van der Waals surface area contributed by atoms with Crippen LogP contribution in [0.2, 0.25) is 19.6 Å². The Hall–Kier alpha value is -1.31. The summed E-state index contributed by atoms with van der Waals surface area (Å²) in [6.45, 7) is 8.86. The van der Waals surface area contributed by atoms with Crippen LogP contribution in [0.5, 0.6) is 5.75 Å². The first-order valence-corrected chi connectivity index (χ1v) is 9.63. The average molecular weight is 261 g/mol. The minimum atomic E-state index is -1.83. The van der Waals surface area contributed by atoms with Crippen molar-refractivity contribution >= 4 is 8.32 Å². The van der Waals surface area contributed by atoms with Gasteiger partial charge in [0.25, 0.3) is 0 Å². The van der Waals surface area contributed by atoms with E-state index >= 15 is 0 Å². The van der Waals surface area contributed by atoms with Gasteiger partial charge >= 0.3 is 0 Å². The standard InChI is InChI=1S/C14H19NO2Si/c1-11-9-16-13-8-6-5-7-12(13)14(11,10-15)17-18(2,3)4/h5-8,11H,9H2,1-4H3. The van der Waals surface area contributed by atoms with Gasteiger partial charge < -0.3 is 9.16 Å². The predicted molar refractivity (Wildman–Crippen MR) is 72.8 cm³/mol. The molecule has 2 atom stereocenters. The smallest absolute Gasteiger partial charge is 0.186 e. The highest BCUT2D eigenvalue weighted by Gasteiger charge is 2.47. The summed E-state index contributed by atoms with van der Waals surface area (Å²) in [5.41, 5.74) is 0.00735. The Kier molecular flexibility index (Phi) is 3.22. The summed E-state index contributed by atoms with van der Waals surface area (Å²) in [6, 6.07) is 10.1. The summed E-state index contributed by atoms with van der Waals surface area (Å²) in [6.07, 6.45) is 0.